The third kappa shape index (κ3) is 8.86. The van der Waals surface area contributed by atoms with Gasteiger partial charge in [-0.1, -0.05) is 11.6 Å². The summed E-state index contributed by atoms with van der Waals surface area (Å²) in [7, 11) is 1.51. The second kappa shape index (κ2) is 18.6. The number of carbonyl (C=O) groups is 4. The number of aromatic nitrogens is 3. The number of benzene rings is 2. The van der Waals surface area contributed by atoms with Crippen molar-refractivity contribution in [1.82, 2.24) is 35.0 Å². The van der Waals surface area contributed by atoms with Crippen molar-refractivity contribution in [1.29, 1.82) is 0 Å². The Morgan fingerprint density at radius 3 is 2.56 bits per heavy atom. The van der Waals surface area contributed by atoms with Crippen molar-refractivity contribution in [2.45, 2.75) is 109 Å². The van der Waals surface area contributed by atoms with E-state index in [1.54, 1.807) is 29.0 Å². The first-order valence-corrected chi connectivity index (χ1v) is 24.3. The maximum atomic E-state index is 16.3. The number of carbonyl (C=O) groups excluding carboxylic acids is 4. The molecule has 3 N–H and O–H groups in total. The fourth-order valence-electron chi connectivity index (χ4n) is 11.2. The van der Waals surface area contributed by atoms with Crippen LogP contribution in [0.25, 0.3) is 10.9 Å². The molecular formula is C49H58ClFN10O7. The fraction of sp³-hybridized carbons (Fsp3) is 0.531. The second-order valence-corrected chi connectivity index (χ2v) is 20.1. The number of amides is 4. The van der Waals surface area contributed by atoms with Crippen LogP contribution in [0.1, 0.15) is 93.6 Å². The molecule has 4 aromatic rings. The van der Waals surface area contributed by atoms with Gasteiger partial charge in [-0.05, 0) is 108 Å². The molecule has 360 valence electrons. The quantitative estimate of drug-likeness (QED) is 0.156. The molecule has 10 rings (SSSR count). The highest BCUT2D eigenvalue weighted by Crippen LogP contribution is 2.45. The summed E-state index contributed by atoms with van der Waals surface area (Å²) in [5.41, 5.74) is 2.34. The predicted molar refractivity (Wildman–Crippen MR) is 254 cm³/mol. The molecular weight excluding hydrogens is 895 g/mol. The Bertz CT molecular complexity index is 2720. The fourth-order valence-corrected chi connectivity index (χ4v) is 11.4. The van der Waals surface area contributed by atoms with Gasteiger partial charge in [-0.15, -0.1) is 0 Å². The molecule has 0 bridgehead atoms. The first kappa shape index (κ1) is 45.9. The maximum Gasteiger partial charge on any atom is 0.293 e. The molecule has 2 atom stereocenters. The third-order valence-electron chi connectivity index (χ3n) is 14.9. The van der Waals surface area contributed by atoms with E-state index < -0.39 is 11.9 Å². The van der Waals surface area contributed by atoms with Crippen molar-refractivity contribution in [2.75, 3.05) is 68.0 Å². The number of ether oxygens (including phenoxy) is 2. The molecule has 2 aromatic carbocycles. The number of rotatable bonds is 12. The van der Waals surface area contributed by atoms with Crippen molar-refractivity contribution >= 4 is 69.3 Å². The monoisotopic (exact) mass is 952 g/mol. The number of piperidine rings is 3. The van der Waals surface area contributed by atoms with E-state index in [0.29, 0.717) is 45.3 Å². The Labute approximate surface area is 398 Å². The number of halogens is 2. The largest absolute Gasteiger partial charge is 0.478 e. The summed E-state index contributed by atoms with van der Waals surface area (Å²) < 4.78 is 30.2. The van der Waals surface area contributed by atoms with E-state index in [2.05, 4.69) is 35.6 Å². The average Bonchev–Trinajstić information content (AvgIpc) is 3.87. The van der Waals surface area contributed by atoms with Crippen LogP contribution in [-0.4, -0.2) is 125 Å². The van der Waals surface area contributed by atoms with Crippen LogP contribution in [-0.2, 0) is 25.7 Å². The summed E-state index contributed by atoms with van der Waals surface area (Å²) in [5.74, 6) is -0.813. The van der Waals surface area contributed by atoms with Crippen molar-refractivity contribution in [3.05, 3.63) is 74.9 Å². The Kier molecular flexibility index (Phi) is 12.5. The summed E-state index contributed by atoms with van der Waals surface area (Å²) in [6, 6.07) is 10.2. The van der Waals surface area contributed by atoms with E-state index in [-0.39, 0.29) is 84.5 Å². The zero-order valence-electron chi connectivity index (χ0n) is 38.7. The van der Waals surface area contributed by atoms with Crippen LogP contribution in [0, 0.1) is 11.2 Å². The molecule has 19 heteroatoms. The lowest BCUT2D eigenvalue weighted by molar-refractivity contribution is -0.137. The minimum absolute atomic E-state index is 0.0234. The van der Waals surface area contributed by atoms with Gasteiger partial charge in [0, 0.05) is 85.9 Å². The molecule has 1 saturated carbocycles. The van der Waals surface area contributed by atoms with Crippen LogP contribution >= 0.6 is 11.6 Å². The molecule has 68 heavy (non-hydrogen) atoms. The van der Waals surface area contributed by atoms with Gasteiger partial charge in [0.25, 0.3) is 17.4 Å². The van der Waals surface area contributed by atoms with Gasteiger partial charge in [-0.2, -0.15) is 4.98 Å². The van der Waals surface area contributed by atoms with E-state index in [0.717, 1.165) is 95.1 Å². The van der Waals surface area contributed by atoms with Crippen molar-refractivity contribution in [3.63, 3.8) is 0 Å². The van der Waals surface area contributed by atoms with E-state index in [1.165, 1.54) is 11.9 Å². The number of hydrogen-bond donors (Lipinski definition) is 3. The van der Waals surface area contributed by atoms with Gasteiger partial charge in [0.15, 0.2) is 24.0 Å². The molecule has 4 saturated heterocycles. The molecule has 5 aliphatic heterocycles. The van der Waals surface area contributed by atoms with E-state index in [1.807, 2.05) is 32.0 Å². The Hall–Kier alpha value is -5.85. The average molecular weight is 954 g/mol. The predicted octanol–water partition coefficient (Wildman–Crippen LogP) is 5.30. The van der Waals surface area contributed by atoms with Crippen LogP contribution < -0.4 is 36.0 Å². The lowest BCUT2D eigenvalue weighted by atomic mass is 9.76. The summed E-state index contributed by atoms with van der Waals surface area (Å²) in [6.45, 7) is 8.62. The molecule has 1 spiro atoms. The zero-order chi connectivity index (χ0) is 47.4. The van der Waals surface area contributed by atoms with Crippen LogP contribution in [0.3, 0.4) is 0 Å². The van der Waals surface area contributed by atoms with Crippen LogP contribution in [0.4, 0.5) is 27.5 Å². The number of pyridine rings is 1. The van der Waals surface area contributed by atoms with Crippen molar-refractivity contribution in [3.8, 4) is 5.75 Å². The van der Waals surface area contributed by atoms with Gasteiger partial charge in [0.05, 0.1) is 36.2 Å². The summed E-state index contributed by atoms with van der Waals surface area (Å²) in [6.07, 6.45) is 9.26. The van der Waals surface area contributed by atoms with Gasteiger partial charge in [0.1, 0.15) is 11.1 Å². The second-order valence-electron chi connectivity index (χ2n) is 19.6. The first-order valence-electron chi connectivity index (χ1n) is 23.9. The minimum Gasteiger partial charge on any atom is -0.478 e. The Morgan fingerprint density at radius 2 is 1.79 bits per heavy atom. The first-order chi connectivity index (χ1) is 32.8. The van der Waals surface area contributed by atoms with E-state index >= 15 is 4.39 Å². The Balaban J connectivity index is 0.708. The molecule has 17 nitrogen and oxygen atoms in total. The van der Waals surface area contributed by atoms with Crippen LogP contribution in [0.2, 0.25) is 5.02 Å². The number of likely N-dealkylation sites (tertiary alicyclic amines) is 1. The summed E-state index contributed by atoms with van der Waals surface area (Å²) >= 11 is 6.62. The number of nitrogens with one attached hydrogen (secondary N) is 3. The molecule has 6 aliphatic rings. The number of anilines is 4. The third-order valence-corrected chi connectivity index (χ3v) is 15.2. The van der Waals surface area contributed by atoms with Gasteiger partial charge in [0.2, 0.25) is 17.8 Å². The molecule has 2 unspecified atom stereocenters. The van der Waals surface area contributed by atoms with Gasteiger partial charge >= 0.3 is 0 Å². The lowest BCUT2D eigenvalue weighted by Crippen LogP contribution is -2.55. The maximum absolute atomic E-state index is 16.3. The zero-order valence-corrected chi connectivity index (χ0v) is 39.4. The standard InChI is InChI=1S/C49H58ClFN10O7/c1-28(2)61-37-7-5-30(19-29(37)20-40(47(61)66)67-25-42(63)52-3)54-44-36(50)23-53-48(56-44)57-16-11-32(12-17-57)68-33-21-31(22-33)58-15-4-13-49(26-58)14-18-59(27-49)38-8-6-34-35(43(38)51)24-60(46(34)65)39-9-10-41(62)55-45(39)64/h5-8,19-20,23,28,31-33,39H,4,9-18,21-22,24-27H2,1-3H3,(H,52,63)(H,53,54,56)(H,55,62,64). The van der Waals surface area contributed by atoms with Crippen molar-refractivity contribution < 1.29 is 33.0 Å². The summed E-state index contributed by atoms with van der Waals surface area (Å²) in [5, 5.41) is 9.28. The SMILES string of the molecule is CNC(=O)COc1cc2cc(Nc3nc(N4CCC(OC5CC(N6CCCC7(CCN(c8ccc9c(c8F)CN(C8CCC(=O)NC8=O)C9=O)C7)C6)C5)CC4)ncc3Cl)ccc2n(C(C)C)c1=O. The molecule has 2 aromatic heterocycles. The number of likely N-dealkylation sites (N-methyl/N-ethyl adjacent to an activating group) is 1. The minimum atomic E-state index is -0.778. The topological polar surface area (TPSA) is 184 Å². The van der Waals surface area contributed by atoms with Crippen LogP contribution in [0.15, 0.2) is 47.4 Å². The molecule has 5 fully saturated rings. The smallest absolute Gasteiger partial charge is 0.293 e. The molecule has 4 amide bonds. The number of hydrogen-bond acceptors (Lipinski definition) is 13. The van der Waals surface area contributed by atoms with E-state index in [4.69, 9.17) is 26.1 Å². The number of nitrogens with zero attached hydrogens (tertiary/aromatic N) is 7. The highest BCUT2D eigenvalue weighted by molar-refractivity contribution is 6.33. The molecule has 7 heterocycles. The highest BCUT2D eigenvalue weighted by Gasteiger charge is 2.47. The lowest BCUT2D eigenvalue weighted by Gasteiger charge is -2.50. The van der Waals surface area contributed by atoms with Crippen LogP contribution in [0.5, 0.6) is 5.75 Å². The molecule has 1 aliphatic carbocycles. The van der Waals surface area contributed by atoms with Crippen molar-refractivity contribution in [2.24, 2.45) is 5.41 Å². The highest BCUT2D eigenvalue weighted by atomic mass is 35.5. The van der Waals surface area contributed by atoms with Gasteiger partial charge in [-0.25, -0.2) is 9.37 Å². The number of imide groups is 1. The normalized spacial score (nSPS) is 24.5. The Morgan fingerprint density at radius 1 is 0.985 bits per heavy atom. The van der Waals surface area contributed by atoms with Gasteiger partial charge < -0.3 is 39.4 Å². The van der Waals surface area contributed by atoms with Gasteiger partial charge in [-0.3, -0.25) is 34.2 Å². The van der Waals surface area contributed by atoms with E-state index in [9.17, 15) is 24.0 Å². The number of fused-ring (bicyclic) bond motifs is 2. The summed E-state index contributed by atoms with van der Waals surface area (Å²) in [4.78, 5) is 80.4. The molecule has 0 radical (unpaired) electrons.